The number of amides is 7. The first kappa shape index (κ1) is 55.1. The number of anilines is 4. The fourth-order valence-corrected chi connectivity index (χ4v) is 10.7. The second-order valence-electron chi connectivity index (χ2n) is 20.8. The second-order valence-corrected chi connectivity index (χ2v) is 20.8. The molecule has 5 aromatic carbocycles. The fraction of sp³-hybridized carbons (Fsp3) is 0.350. The molecule has 0 spiro atoms. The summed E-state index contributed by atoms with van der Waals surface area (Å²) in [6.07, 6.45) is 3.40. The van der Waals surface area contributed by atoms with Crippen molar-refractivity contribution in [2.24, 2.45) is 10.9 Å². The maximum absolute atomic E-state index is 14.2. The minimum absolute atomic E-state index is 0.0235. The van der Waals surface area contributed by atoms with Crippen LogP contribution in [-0.4, -0.2) is 104 Å². The summed E-state index contributed by atoms with van der Waals surface area (Å²) in [5.41, 5.74) is 7.20. The Hall–Kier alpha value is -9.27. The van der Waals surface area contributed by atoms with Gasteiger partial charge in [-0.25, -0.2) is 4.79 Å². The molecule has 420 valence electrons. The van der Waals surface area contributed by atoms with Crippen LogP contribution in [0.15, 0.2) is 96.0 Å². The third kappa shape index (κ3) is 11.7. The Balaban J connectivity index is 0.839. The highest BCUT2D eigenvalue weighted by Gasteiger charge is 2.39. The molecule has 0 bridgehead atoms. The highest BCUT2D eigenvalue weighted by molar-refractivity contribution is 6.15. The van der Waals surface area contributed by atoms with Crippen LogP contribution in [0.4, 0.5) is 28.4 Å². The van der Waals surface area contributed by atoms with Gasteiger partial charge in [-0.05, 0) is 96.8 Å². The zero-order valence-corrected chi connectivity index (χ0v) is 45.5. The van der Waals surface area contributed by atoms with Gasteiger partial charge in [0.15, 0.2) is 23.0 Å². The van der Waals surface area contributed by atoms with Gasteiger partial charge in [-0.3, -0.25) is 43.5 Å². The molecule has 0 radical (unpaired) electrons. The number of nitrogens with zero attached hydrogens (tertiary/aromatic N) is 4. The number of rotatable bonds is 20. The van der Waals surface area contributed by atoms with Crippen LogP contribution in [0.5, 0.6) is 23.0 Å². The number of methoxy groups -OCH3 is 2. The lowest BCUT2D eigenvalue weighted by Gasteiger charge is -2.24. The first-order valence-electron chi connectivity index (χ1n) is 27.0. The van der Waals surface area contributed by atoms with Gasteiger partial charge in [-0.15, -0.1) is 5.06 Å². The topological polar surface area (TPSA) is 253 Å². The minimum atomic E-state index is -1.09. The first-order chi connectivity index (χ1) is 39.1. The minimum Gasteiger partial charge on any atom is -0.493 e. The largest absolute Gasteiger partial charge is 0.493 e. The van der Waals surface area contributed by atoms with E-state index < -0.39 is 47.6 Å². The summed E-state index contributed by atoms with van der Waals surface area (Å²) in [6.45, 7) is 5.44. The number of imide groups is 1. The molecule has 5 aliphatic heterocycles. The zero-order chi connectivity index (χ0) is 57.1. The van der Waals surface area contributed by atoms with Crippen LogP contribution < -0.4 is 50.0 Å². The zero-order valence-electron chi connectivity index (χ0n) is 45.5. The van der Waals surface area contributed by atoms with Crippen LogP contribution >= 0.6 is 0 Å². The molecular weight excluding hydrogens is 1040 g/mol. The Morgan fingerprint density at radius 1 is 0.679 bits per heavy atom. The van der Waals surface area contributed by atoms with E-state index in [1.165, 1.54) is 21.1 Å². The molecule has 1 fully saturated rings. The van der Waals surface area contributed by atoms with Crippen molar-refractivity contribution in [3.8, 4) is 23.0 Å². The Morgan fingerprint density at radius 2 is 1.28 bits per heavy atom. The maximum atomic E-state index is 14.2. The van der Waals surface area contributed by atoms with E-state index in [-0.39, 0.29) is 81.6 Å². The average Bonchev–Trinajstić information content (AvgIpc) is 4.08. The summed E-state index contributed by atoms with van der Waals surface area (Å²) in [5.74, 6) is -3.00. The van der Waals surface area contributed by atoms with Crippen LogP contribution in [0.2, 0.25) is 0 Å². The summed E-state index contributed by atoms with van der Waals surface area (Å²) in [7, 11) is 2.98. The van der Waals surface area contributed by atoms with Crippen LogP contribution in [0.1, 0.15) is 102 Å². The molecule has 4 N–H and O–H groups in total. The average molecular weight is 1100 g/mol. The second kappa shape index (κ2) is 23.6. The number of para-hydroxylation sites is 2. The van der Waals surface area contributed by atoms with Gasteiger partial charge < -0.3 is 50.0 Å². The number of hydrogen-bond donors (Lipinski definition) is 4. The molecule has 0 aliphatic carbocycles. The van der Waals surface area contributed by atoms with E-state index in [2.05, 4.69) is 21.3 Å². The molecule has 1 unspecified atom stereocenters. The summed E-state index contributed by atoms with van der Waals surface area (Å²) in [5, 5.41) is 12.3. The number of aliphatic imine (C=N–C) groups is 1. The molecular formula is C60H62N8O13. The molecule has 81 heavy (non-hydrogen) atoms. The van der Waals surface area contributed by atoms with E-state index >= 15 is 0 Å². The van der Waals surface area contributed by atoms with E-state index in [1.807, 2.05) is 59.5 Å². The predicted molar refractivity (Wildman–Crippen MR) is 298 cm³/mol. The molecule has 5 heterocycles. The van der Waals surface area contributed by atoms with Crippen molar-refractivity contribution in [1.29, 1.82) is 0 Å². The van der Waals surface area contributed by atoms with Crippen molar-refractivity contribution < 1.29 is 62.1 Å². The number of unbranched alkanes of at least 4 members (excludes halogenated alkanes) is 1. The number of benzene rings is 5. The van der Waals surface area contributed by atoms with Gasteiger partial charge in [0.2, 0.25) is 17.7 Å². The number of carbonyl (C=O) groups is 8. The third-order valence-corrected chi connectivity index (χ3v) is 14.8. The maximum Gasteiger partial charge on any atom is 0.333 e. The van der Waals surface area contributed by atoms with Gasteiger partial charge in [-0.1, -0.05) is 50.2 Å². The standard InChI is InChI=1S/C60H62N8O13/c1-33(2)56(65-52(69)16-10-11-17-55(72)81-68-53(70)18-19-54(68)71)58(74)63-34(3)57(73)64-39-21-35(31-79-50-27-44-42(25-48(50)77-4)59(75)66-40(29-61-44)23-37-12-6-8-14-46(37)66)20-36(22-39)32-80-51-28-45-43(26-49(51)78-5)60(76)67-41(30-62-45)24-38-13-7-9-15-47(38)67/h6-9,12-15,20-22,25-29,33-34,40-41,56,62H,10-11,16-19,23-24,30-32H2,1-5H3,(H,63,74)(H,64,73)(H,65,69)/t34-,40?,41-,56-/m0/s1. The highest BCUT2D eigenvalue weighted by Crippen LogP contribution is 2.43. The lowest BCUT2D eigenvalue weighted by molar-refractivity contribution is -0.197. The lowest BCUT2D eigenvalue weighted by atomic mass is 10.0. The van der Waals surface area contributed by atoms with Crippen molar-refractivity contribution in [2.45, 2.75) is 110 Å². The summed E-state index contributed by atoms with van der Waals surface area (Å²) in [6, 6.07) is 25.2. The Bertz CT molecular complexity index is 3380. The van der Waals surface area contributed by atoms with Crippen LogP contribution in [0.3, 0.4) is 0 Å². The molecule has 5 aromatic rings. The summed E-state index contributed by atoms with van der Waals surface area (Å²) in [4.78, 5) is 118. The van der Waals surface area contributed by atoms with Gasteiger partial charge in [0, 0.05) is 74.1 Å². The number of hydrogen-bond acceptors (Lipinski definition) is 15. The number of carbonyl (C=O) groups excluding carboxylic acids is 8. The lowest BCUT2D eigenvalue weighted by Crippen LogP contribution is -2.53. The van der Waals surface area contributed by atoms with Crippen LogP contribution in [0.25, 0.3) is 0 Å². The van der Waals surface area contributed by atoms with E-state index in [9.17, 15) is 38.4 Å². The molecule has 7 amide bonds. The molecule has 4 atom stereocenters. The molecule has 0 aromatic heterocycles. The number of fused-ring (bicyclic) bond motifs is 8. The van der Waals surface area contributed by atoms with Crippen LogP contribution in [0, 0.1) is 5.92 Å². The van der Waals surface area contributed by atoms with Crippen molar-refractivity contribution in [3.05, 3.63) is 124 Å². The number of hydroxylamine groups is 2. The van der Waals surface area contributed by atoms with E-state index in [1.54, 1.807) is 61.4 Å². The van der Waals surface area contributed by atoms with Crippen molar-refractivity contribution >= 4 is 82.0 Å². The highest BCUT2D eigenvalue weighted by atomic mass is 16.7. The number of nitrogens with one attached hydrogen (secondary N) is 4. The van der Waals surface area contributed by atoms with Gasteiger partial charge in [-0.2, -0.15) is 0 Å². The third-order valence-electron chi connectivity index (χ3n) is 14.8. The SMILES string of the molecule is COc1cc2c(cc1OCc1cc(COc3cc4c(cc3OC)C(=O)N3c5ccccc5C[C@H]3CN4)cc(NC(=O)[C@H](C)NC(=O)[C@@H](NC(=O)CCCCC(=O)ON3C(=O)CCC3=O)C(C)C)c1)N=CC1Cc3ccccc3N1C2=O. The smallest absolute Gasteiger partial charge is 0.333 e. The van der Waals surface area contributed by atoms with Gasteiger partial charge >= 0.3 is 5.97 Å². The molecule has 1 saturated heterocycles. The molecule has 21 nitrogen and oxygen atoms in total. The van der Waals surface area contributed by atoms with Crippen molar-refractivity contribution in [2.75, 3.05) is 41.2 Å². The molecule has 0 saturated carbocycles. The van der Waals surface area contributed by atoms with Crippen molar-refractivity contribution in [1.82, 2.24) is 15.7 Å². The normalized spacial score (nSPS) is 17.3. The predicted octanol–water partition coefficient (Wildman–Crippen LogP) is 6.90. The van der Waals surface area contributed by atoms with Gasteiger partial charge in [0.05, 0.1) is 48.8 Å². The summed E-state index contributed by atoms with van der Waals surface area (Å²) >= 11 is 0. The Morgan fingerprint density at radius 3 is 1.95 bits per heavy atom. The van der Waals surface area contributed by atoms with E-state index in [0.717, 1.165) is 22.5 Å². The monoisotopic (exact) mass is 1100 g/mol. The number of ether oxygens (including phenoxy) is 4. The fourth-order valence-electron chi connectivity index (χ4n) is 10.7. The Kier molecular flexibility index (Phi) is 16.0. The quantitative estimate of drug-likeness (QED) is 0.0457. The molecule has 5 aliphatic rings. The summed E-state index contributed by atoms with van der Waals surface area (Å²) < 4.78 is 24.5. The van der Waals surface area contributed by atoms with E-state index in [4.69, 9.17) is 28.8 Å². The van der Waals surface area contributed by atoms with Crippen LogP contribution in [-0.2, 0) is 59.7 Å². The Labute approximate surface area is 467 Å². The van der Waals surface area contributed by atoms with Crippen molar-refractivity contribution in [3.63, 3.8) is 0 Å². The molecule has 10 rings (SSSR count). The first-order valence-corrected chi connectivity index (χ1v) is 27.0. The van der Waals surface area contributed by atoms with Gasteiger partial charge in [0.25, 0.3) is 23.6 Å². The van der Waals surface area contributed by atoms with Gasteiger partial charge in [0.1, 0.15) is 25.3 Å². The molecule has 21 heteroatoms. The van der Waals surface area contributed by atoms with E-state index in [0.29, 0.717) is 86.8 Å².